The molecule has 0 fully saturated rings. The molecule has 1 rings (SSSR count). The fraction of sp³-hybridized carbons (Fsp3) is 0.444. The third kappa shape index (κ3) is 14.4. The second kappa shape index (κ2) is 18.5. The van der Waals surface area contributed by atoms with Gasteiger partial charge in [-0.3, -0.25) is 4.79 Å². The van der Waals surface area contributed by atoms with Gasteiger partial charge in [0.1, 0.15) is 5.75 Å². The topological polar surface area (TPSA) is 49.3 Å². The van der Waals surface area contributed by atoms with Crippen molar-refractivity contribution < 1.29 is 9.90 Å². The minimum absolute atomic E-state index is 0.0901. The number of carbonyl (C=O) groups excluding carboxylic acids is 1. The Hall–Kier alpha value is -2.55. The van der Waals surface area contributed by atoms with Gasteiger partial charge in [0.15, 0.2) is 0 Å². The summed E-state index contributed by atoms with van der Waals surface area (Å²) in [5.74, 6) is 0.0818. The standard InChI is InChI=1S/C27H39NO2/c1-2-3-4-5-6-7-8-9-10-11-12-13-14-15-16-17-18-19-24-28-27(30)25-20-22-26(29)23-21-25/h6-7,9-10,12-13,15-16,20-23,29H,2-5,8,11,14,17-19,24H2,1H3,(H,28,30). The number of hydrogen-bond acceptors (Lipinski definition) is 2. The molecule has 0 aromatic heterocycles. The third-order valence-corrected chi connectivity index (χ3v) is 4.67. The average molecular weight is 410 g/mol. The first-order chi connectivity index (χ1) is 14.7. The van der Waals surface area contributed by atoms with Crippen molar-refractivity contribution in [1.82, 2.24) is 5.32 Å². The summed E-state index contributed by atoms with van der Waals surface area (Å²) < 4.78 is 0. The normalized spacial score (nSPS) is 12.0. The van der Waals surface area contributed by atoms with E-state index >= 15 is 0 Å². The SMILES string of the molecule is CCCCCC=CCC=CCC=CCC=CCCCCNC(=O)c1ccc(O)cc1. The van der Waals surface area contributed by atoms with Crippen LogP contribution in [0.4, 0.5) is 0 Å². The third-order valence-electron chi connectivity index (χ3n) is 4.67. The maximum Gasteiger partial charge on any atom is 0.251 e. The van der Waals surface area contributed by atoms with Gasteiger partial charge < -0.3 is 10.4 Å². The highest BCUT2D eigenvalue weighted by molar-refractivity contribution is 5.94. The van der Waals surface area contributed by atoms with Gasteiger partial charge in [0, 0.05) is 12.1 Å². The number of aromatic hydroxyl groups is 1. The van der Waals surface area contributed by atoms with Gasteiger partial charge in [0.05, 0.1) is 0 Å². The lowest BCUT2D eigenvalue weighted by atomic mass is 10.2. The smallest absolute Gasteiger partial charge is 0.251 e. The molecule has 1 aromatic carbocycles. The van der Waals surface area contributed by atoms with E-state index in [-0.39, 0.29) is 11.7 Å². The van der Waals surface area contributed by atoms with Gasteiger partial charge in [-0.1, -0.05) is 68.4 Å². The summed E-state index contributed by atoms with van der Waals surface area (Å²) in [6, 6.07) is 6.31. The number of carbonyl (C=O) groups is 1. The predicted octanol–water partition coefficient (Wildman–Crippen LogP) is 7.27. The molecule has 0 saturated carbocycles. The Bertz CT molecular complexity index is 669. The van der Waals surface area contributed by atoms with E-state index in [2.05, 4.69) is 60.8 Å². The highest BCUT2D eigenvalue weighted by atomic mass is 16.3. The largest absolute Gasteiger partial charge is 0.508 e. The van der Waals surface area contributed by atoms with Crippen LogP contribution in [0.2, 0.25) is 0 Å². The molecule has 30 heavy (non-hydrogen) atoms. The van der Waals surface area contributed by atoms with E-state index in [0.29, 0.717) is 12.1 Å². The van der Waals surface area contributed by atoms with Crippen molar-refractivity contribution in [1.29, 1.82) is 0 Å². The monoisotopic (exact) mass is 409 g/mol. The van der Waals surface area contributed by atoms with E-state index < -0.39 is 0 Å². The highest BCUT2D eigenvalue weighted by Crippen LogP contribution is 2.09. The van der Waals surface area contributed by atoms with Gasteiger partial charge >= 0.3 is 0 Å². The van der Waals surface area contributed by atoms with E-state index in [1.807, 2.05) is 0 Å². The fourth-order valence-electron chi connectivity index (χ4n) is 2.86. The molecule has 0 heterocycles. The Morgan fingerprint density at radius 1 is 0.767 bits per heavy atom. The number of allylic oxidation sites excluding steroid dienone is 8. The van der Waals surface area contributed by atoms with Gasteiger partial charge in [0.25, 0.3) is 5.91 Å². The zero-order chi connectivity index (χ0) is 21.7. The molecule has 0 atom stereocenters. The molecule has 0 aliphatic heterocycles. The van der Waals surface area contributed by atoms with Gasteiger partial charge in [-0.25, -0.2) is 0 Å². The van der Waals surface area contributed by atoms with Crippen molar-refractivity contribution in [2.45, 2.75) is 71.1 Å². The molecule has 0 unspecified atom stereocenters. The molecule has 0 aliphatic carbocycles. The molecule has 0 bridgehead atoms. The molecule has 3 nitrogen and oxygen atoms in total. The van der Waals surface area contributed by atoms with Crippen LogP contribution >= 0.6 is 0 Å². The second-order valence-electron chi connectivity index (χ2n) is 7.39. The molecule has 2 N–H and O–H groups in total. The number of amides is 1. The zero-order valence-electron chi connectivity index (χ0n) is 18.6. The first-order valence-corrected chi connectivity index (χ1v) is 11.4. The van der Waals surface area contributed by atoms with Crippen molar-refractivity contribution in [2.75, 3.05) is 6.54 Å². The number of phenolic OH excluding ortho intramolecular Hbond substituents is 1. The first kappa shape index (κ1) is 25.5. The summed E-state index contributed by atoms with van der Waals surface area (Å²) in [5, 5.41) is 12.1. The second-order valence-corrected chi connectivity index (χ2v) is 7.39. The molecule has 164 valence electrons. The minimum atomic E-state index is -0.0901. The van der Waals surface area contributed by atoms with E-state index in [9.17, 15) is 9.90 Å². The van der Waals surface area contributed by atoms with Gasteiger partial charge in [0.2, 0.25) is 0 Å². The van der Waals surface area contributed by atoms with Crippen LogP contribution in [0, 0.1) is 0 Å². The maximum absolute atomic E-state index is 11.9. The minimum Gasteiger partial charge on any atom is -0.508 e. The van der Waals surface area contributed by atoms with Gasteiger partial charge in [-0.15, -0.1) is 0 Å². The van der Waals surface area contributed by atoms with Gasteiger partial charge in [-0.2, -0.15) is 0 Å². The Balaban J connectivity index is 1.94. The van der Waals surface area contributed by atoms with Crippen molar-refractivity contribution in [3.63, 3.8) is 0 Å². The van der Waals surface area contributed by atoms with E-state index in [1.165, 1.54) is 37.8 Å². The Morgan fingerprint density at radius 3 is 1.80 bits per heavy atom. The number of hydrogen-bond donors (Lipinski definition) is 2. The van der Waals surface area contributed by atoms with Crippen molar-refractivity contribution in [3.8, 4) is 5.75 Å². The fourth-order valence-corrected chi connectivity index (χ4v) is 2.86. The number of rotatable bonds is 16. The lowest BCUT2D eigenvalue weighted by molar-refractivity contribution is 0.0953. The summed E-state index contributed by atoms with van der Waals surface area (Å²) in [7, 11) is 0. The summed E-state index contributed by atoms with van der Waals surface area (Å²) in [6.07, 6.45) is 29.1. The number of benzene rings is 1. The maximum atomic E-state index is 11.9. The molecule has 1 aromatic rings. The quantitative estimate of drug-likeness (QED) is 0.223. The molecular weight excluding hydrogens is 370 g/mol. The van der Waals surface area contributed by atoms with Crippen LogP contribution in [0.1, 0.15) is 81.5 Å². The predicted molar refractivity (Wildman–Crippen MR) is 129 cm³/mol. The molecular formula is C27H39NO2. The molecule has 1 amide bonds. The highest BCUT2D eigenvalue weighted by Gasteiger charge is 2.03. The van der Waals surface area contributed by atoms with Gasteiger partial charge in [-0.05, 0) is 75.6 Å². The number of phenols is 1. The molecule has 0 spiro atoms. The van der Waals surface area contributed by atoms with Crippen LogP contribution in [0.5, 0.6) is 5.75 Å². The van der Waals surface area contributed by atoms with Crippen LogP contribution in [0.15, 0.2) is 72.9 Å². The van der Waals surface area contributed by atoms with E-state index in [0.717, 1.165) is 38.5 Å². The summed E-state index contributed by atoms with van der Waals surface area (Å²) in [4.78, 5) is 11.9. The first-order valence-electron chi connectivity index (χ1n) is 11.4. The molecule has 0 saturated heterocycles. The van der Waals surface area contributed by atoms with Crippen LogP contribution in [-0.4, -0.2) is 17.6 Å². The summed E-state index contributed by atoms with van der Waals surface area (Å²) >= 11 is 0. The Morgan fingerprint density at radius 2 is 1.27 bits per heavy atom. The zero-order valence-corrected chi connectivity index (χ0v) is 18.6. The van der Waals surface area contributed by atoms with Crippen LogP contribution in [-0.2, 0) is 0 Å². The molecule has 3 heteroatoms. The van der Waals surface area contributed by atoms with Crippen molar-refractivity contribution in [2.24, 2.45) is 0 Å². The van der Waals surface area contributed by atoms with Crippen molar-refractivity contribution >= 4 is 5.91 Å². The summed E-state index contributed by atoms with van der Waals surface area (Å²) in [6.45, 7) is 2.91. The molecule has 0 aliphatic rings. The lowest BCUT2D eigenvalue weighted by Crippen LogP contribution is -2.24. The van der Waals surface area contributed by atoms with Crippen LogP contribution in [0.3, 0.4) is 0 Å². The molecule has 0 radical (unpaired) electrons. The summed E-state index contributed by atoms with van der Waals surface area (Å²) in [5.41, 5.74) is 0.577. The van der Waals surface area contributed by atoms with Crippen LogP contribution in [0.25, 0.3) is 0 Å². The van der Waals surface area contributed by atoms with E-state index in [1.54, 1.807) is 12.1 Å². The Kier molecular flexibility index (Phi) is 15.7. The lowest BCUT2D eigenvalue weighted by Gasteiger charge is -2.04. The average Bonchev–Trinajstić information content (AvgIpc) is 2.75. The number of nitrogens with one attached hydrogen (secondary N) is 1. The Labute approximate surface area is 183 Å². The van der Waals surface area contributed by atoms with Crippen LogP contribution < -0.4 is 5.32 Å². The van der Waals surface area contributed by atoms with E-state index in [4.69, 9.17) is 0 Å². The number of unbranched alkanes of at least 4 members (excludes halogenated alkanes) is 5. The van der Waals surface area contributed by atoms with Crippen molar-refractivity contribution in [3.05, 3.63) is 78.4 Å².